The number of hydrogen-bond acceptors (Lipinski definition) is 4. The molecule has 0 spiro atoms. The van der Waals surface area contributed by atoms with Gasteiger partial charge in [0.15, 0.2) is 0 Å². The molecule has 0 aliphatic rings. The SMILES string of the molecule is CCC(C)c1cc(C(C)(C)C)cc(-n2nc3ccc(OC)cc3n2)c1O. The van der Waals surface area contributed by atoms with Gasteiger partial charge >= 0.3 is 0 Å². The average Bonchev–Trinajstić information content (AvgIpc) is 3.02. The van der Waals surface area contributed by atoms with Crippen LogP contribution >= 0.6 is 0 Å². The van der Waals surface area contributed by atoms with Crippen molar-refractivity contribution < 1.29 is 9.84 Å². The molecule has 0 aliphatic heterocycles. The summed E-state index contributed by atoms with van der Waals surface area (Å²) in [6.45, 7) is 10.8. The van der Waals surface area contributed by atoms with Gasteiger partial charge in [-0.1, -0.05) is 40.7 Å². The van der Waals surface area contributed by atoms with Gasteiger partial charge in [0.1, 0.15) is 28.2 Å². The van der Waals surface area contributed by atoms with Gasteiger partial charge in [-0.15, -0.1) is 15.0 Å². The Morgan fingerprint density at radius 3 is 2.42 bits per heavy atom. The van der Waals surface area contributed by atoms with Crippen molar-refractivity contribution >= 4 is 11.0 Å². The number of ether oxygens (including phenoxy) is 1. The van der Waals surface area contributed by atoms with Crippen LogP contribution in [0.15, 0.2) is 30.3 Å². The van der Waals surface area contributed by atoms with Crippen molar-refractivity contribution in [2.75, 3.05) is 7.11 Å². The van der Waals surface area contributed by atoms with E-state index in [4.69, 9.17) is 4.74 Å². The average molecular weight is 353 g/mol. The van der Waals surface area contributed by atoms with E-state index in [0.29, 0.717) is 5.69 Å². The van der Waals surface area contributed by atoms with Gasteiger partial charge in [0.2, 0.25) is 0 Å². The van der Waals surface area contributed by atoms with E-state index in [-0.39, 0.29) is 17.1 Å². The minimum atomic E-state index is -0.0412. The lowest BCUT2D eigenvalue weighted by atomic mass is 9.83. The molecule has 1 N–H and O–H groups in total. The van der Waals surface area contributed by atoms with Crippen molar-refractivity contribution in [3.05, 3.63) is 41.5 Å². The summed E-state index contributed by atoms with van der Waals surface area (Å²) >= 11 is 0. The van der Waals surface area contributed by atoms with Crippen molar-refractivity contribution in [1.29, 1.82) is 0 Å². The maximum Gasteiger partial charge on any atom is 0.146 e. The maximum absolute atomic E-state index is 10.9. The van der Waals surface area contributed by atoms with Crippen LogP contribution in [-0.4, -0.2) is 27.2 Å². The van der Waals surface area contributed by atoms with Crippen LogP contribution in [0.3, 0.4) is 0 Å². The van der Waals surface area contributed by atoms with E-state index in [1.807, 2.05) is 24.3 Å². The zero-order valence-electron chi connectivity index (χ0n) is 16.4. The van der Waals surface area contributed by atoms with E-state index in [9.17, 15) is 5.11 Å². The lowest BCUT2D eigenvalue weighted by Crippen LogP contribution is -2.14. The van der Waals surface area contributed by atoms with E-state index in [1.165, 1.54) is 4.80 Å². The zero-order valence-corrected chi connectivity index (χ0v) is 16.4. The van der Waals surface area contributed by atoms with Gasteiger partial charge in [-0.3, -0.25) is 0 Å². The molecule has 138 valence electrons. The number of fused-ring (bicyclic) bond motifs is 1. The Balaban J connectivity index is 2.23. The molecule has 26 heavy (non-hydrogen) atoms. The third-order valence-electron chi connectivity index (χ3n) is 4.93. The molecule has 0 aliphatic carbocycles. The lowest BCUT2D eigenvalue weighted by Gasteiger charge is -2.23. The van der Waals surface area contributed by atoms with Crippen LogP contribution in [0.5, 0.6) is 11.5 Å². The second-order valence-electron chi connectivity index (χ2n) is 7.84. The van der Waals surface area contributed by atoms with Crippen molar-refractivity contribution in [2.45, 2.75) is 52.4 Å². The van der Waals surface area contributed by atoms with Gasteiger partial charge in [-0.25, -0.2) is 0 Å². The van der Waals surface area contributed by atoms with E-state index in [1.54, 1.807) is 7.11 Å². The number of aromatic nitrogens is 3. The fraction of sp³-hybridized carbons (Fsp3) is 0.429. The Morgan fingerprint density at radius 2 is 1.81 bits per heavy atom. The number of hydrogen-bond donors (Lipinski definition) is 1. The van der Waals surface area contributed by atoms with E-state index >= 15 is 0 Å². The Morgan fingerprint density at radius 1 is 1.12 bits per heavy atom. The molecule has 0 amide bonds. The van der Waals surface area contributed by atoms with Gasteiger partial charge in [0.25, 0.3) is 0 Å². The first-order valence-electron chi connectivity index (χ1n) is 9.03. The smallest absolute Gasteiger partial charge is 0.146 e. The zero-order chi connectivity index (χ0) is 19.1. The van der Waals surface area contributed by atoms with Gasteiger partial charge in [-0.2, -0.15) is 0 Å². The molecule has 1 atom stereocenters. The summed E-state index contributed by atoms with van der Waals surface area (Å²) in [7, 11) is 1.63. The van der Waals surface area contributed by atoms with Gasteiger partial charge in [-0.05, 0) is 47.1 Å². The quantitative estimate of drug-likeness (QED) is 0.721. The van der Waals surface area contributed by atoms with Crippen molar-refractivity contribution in [2.24, 2.45) is 0 Å². The number of rotatable bonds is 4. The molecule has 3 rings (SSSR count). The molecule has 5 nitrogen and oxygen atoms in total. The molecule has 3 aromatic rings. The second-order valence-corrected chi connectivity index (χ2v) is 7.84. The third-order valence-corrected chi connectivity index (χ3v) is 4.93. The van der Waals surface area contributed by atoms with E-state index < -0.39 is 0 Å². The van der Waals surface area contributed by atoms with Crippen LogP contribution in [0, 0.1) is 0 Å². The summed E-state index contributed by atoms with van der Waals surface area (Å²) in [5, 5.41) is 20.1. The van der Waals surface area contributed by atoms with E-state index in [2.05, 4.69) is 50.9 Å². The molecule has 1 heterocycles. The summed E-state index contributed by atoms with van der Waals surface area (Å²) in [6.07, 6.45) is 0.951. The summed E-state index contributed by atoms with van der Waals surface area (Å²) < 4.78 is 5.26. The van der Waals surface area contributed by atoms with Gasteiger partial charge in [0, 0.05) is 6.07 Å². The molecule has 2 aromatic carbocycles. The topological polar surface area (TPSA) is 60.2 Å². The maximum atomic E-state index is 10.9. The molecular weight excluding hydrogens is 326 g/mol. The fourth-order valence-corrected chi connectivity index (χ4v) is 2.95. The Hall–Kier alpha value is -2.56. The van der Waals surface area contributed by atoms with Gasteiger partial charge < -0.3 is 9.84 Å². The first-order chi connectivity index (χ1) is 12.2. The standard InChI is InChI=1S/C21H27N3O2/c1-7-13(2)16-10-14(21(3,4)5)11-19(20(16)25)24-22-17-9-8-15(26-6)12-18(17)23-24/h8-13,25H,7H2,1-6H3. The molecule has 5 heteroatoms. The third kappa shape index (κ3) is 3.26. The fourth-order valence-electron chi connectivity index (χ4n) is 2.95. The van der Waals surface area contributed by atoms with Crippen LogP contribution < -0.4 is 4.74 Å². The highest BCUT2D eigenvalue weighted by molar-refractivity contribution is 5.76. The number of benzene rings is 2. The van der Waals surface area contributed by atoms with Crippen molar-refractivity contribution in [1.82, 2.24) is 15.0 Å². The number of aromatic hydroxyl groups is 1. The molecule has 0 fully saturated rings. The highest BCUT2D eigenvalue weighted by atomic mass is 16.5. The highest BCUT2D eigenvalue weighted by Crippen LogP contribution is 2.37. The molecule has 0 radical (unpaired) electrons. The highest BCUT2D eigenvalue weighted by Gasteiger charge is 2.22. The summed E-state index contributed by atoms with van der Waals surface area (Å²) in [5.74, 6) is 1.23. The molecule has 1 aromatic heterocycles. The Kier molecular flexibility index (Phi) is 4.65. The molecule has 0 saturated carbocycles. The first-order valence-corrected chi connectivity index (χ1v) is 9.03. The molecular formula is C21H27N3O2. The number of methoxy groups -OCH3 is 1. The summed E-state index contributed by atoms with van der Waals surface area (Å²) in [6, 6.07) is 9.67. The largest absolute Gasteiger partial charge is 0.505 e. The normalized spacial score (nSPS) is 13.2. The predicted octanol–water partition coefficient (Wildman–Crippen LogP) is 4.95. The minimum absolute atomic E-state index is 0.0412. The Bertz CT molecular complexity index is 938. The van der Waals surface area contributed by atoms with Crippen molar-refractivity contribution in [3.63, 3.8) is 0 Å². The molecule has 0 saturated heterocycles. The van der Waals surface area contributed by atoms with Crippen LogP contribution in [-0.2, 0) is 5.41 Å². The van der Waals surface area contributed by atoms with Crippen LogP contribution in [0.2, 0.25) is 0 Å². The first kappa shape index (κ1) is 18.2. The second kappa shape index (κ2) is 6.63. The lowest BCUT2D eigenvalue weighted by molar-refractivity contribution is 0.415. The summed E-state index contributed by atoms with van der Waals surface area (Å²) in [5.41, 5.74) is 4.16. The number of nitrogens with zero attached hydrogens (tertiary/aromatic N) is 3. The molecule has 1 unspecified atom stereocenters. The van der Waals surface area contributed by atoms with Crippen LogP contribution in [0.1, 0.15) is 58.1 Å². The van der Waals surface area contributed by atoms with Gasteiger partial charge in [0.05, 0.1) is 7.11 Å². The van der Waals surface area contributed by atoms with Crippen molar-refractivity contribution in [3.8, 4) is 17.2 Å². The number of phenolic OH excluding ortho intramolecular Hbond substituents is 1. The van der Waals surface area contributed by atoms with E-state index in [0.717, 1.165) is 34.3 Å². The minimum Gasteiger partial charge on any atom is -0.505 e. The molecule has 0 bridgehead atoms. The number of phenols is 1. The van der Waals surface area contributed by atoms with Crippen LogP contribution in [0.4, 0.5) is 0 Å². The predicted molar refractivity (Wildman–Crippen MR) is 104 cm³/mol. The monoisotopic (exact) mass is 353 g/mol. The van der Waals surface area contributed by atoms with Crippen LogP contribution in [0.25, 0.3) is 16.7 Å². The Labute approximate surface area is 154 Å². The summed E-state index contributed by atoms with van der Waals surface area (Å²) in [4.78, 5) is 1.53.